The minimum atomic E-state index is 0.0917. The summed E-state index contributed by atoms with van der Waals surface area (Å²) < 4.78 is 2.16. The van der Waals surface area contributed by atoms with Crippen LogP contribution in [-0.4, -0.2) is 47.6 Å². The summed E-state index contributed by atoms with van der Waals surface area (Å²) in [6, 6.07) is 31.1. The topological polar surface area (TPSA) is 49.3 Å². The number of hydrogen-bond donors (Lipinski definition) is 2. The summed E-state index contributed by atoms with van der Waals surface area (Å²) in [7, 11) is 0. The molecule has 1 aromatic heterocycles. The van der Waals surface area contributed by atoms with Crippen molar-refractivity contribution in [1.82, 2.24) is 14.8 Å². The molecular formula is C31H34N4O. The number of carbonyl (C=O) groups excluding carboxylic acids is 1. The lowest BCUT2D eigenvalue weighted by Gasteiger charge is -2.36. The van der Waals surface area contributed by atoms with Gasteiger partial charge in [0.1, 0.15) is 0 Å². The molecule has 2 N–H and O–H groups in total. The predicted molar refractivity (Wildman–Crippen MR) is 148 cm³/mol. The Balaban J connectivity index is 1.55. The highest BCUT2D eigenvalue weighted by atomic mass is 16.2. The van der Waals surface area contributed by atoms with E-state index in [4.69, 9.17) is 0 Å². The van der Waals surface area contributed by atoms with Crippen molar-refractivity contribution in [2.24, 2.45) is 0 Å². The summed E-state index contributed by atoms with van der Waals surface area (Å²) in [5, 5.41) is 7.04. The fraction of sp³-hybridized carbons (Fsp3) is 0.258. The smallest absolute Gasteiger partial charge is 0.256 e. The van der Waals surface area contributed by atoms with Gasteiger partial charge in [-0.05, 0) is 42.2 Å². The molecule has 1 unspecified atom stereocenters. The fourth-order valence-corrected chi connectivity index (χ4v) is 5.04. The molecule has 0 spiro atoms. The van der Waals surface area contributed by atoms with Crippen LogP contribution in [0.25, 0.3) is 16.9 Å². The molecule has 1 aliphatic heterocycles. The van der Waals surface area contributed by atoms with Gasteiger partial charge >= 0.3 is 0 Å². The second-order valence-corrected chi connectivity index (χ2v) is 9.30. The number of nitrogens with zero attached hydrogens (tertiary/aromatic N) is 2. The minimum absolute atomic E-state index is 0.0917. The summed E-state index contributed by atoms with van der Waals surface area (Å²) in [6.07, 6.45) is 3.92. The highest BCUT2D eigenvalue weighted by molar-refractivity contribution is 6.01. The Morgan fingerprint density at radius 1 is 0.944 bits per heavy atom. The van der Waals surface area contributed by atoms with Crippen LogP contribution in [0.15, 0.2) is 97.2 Å². The Hall–Kier alpha value is -3.83. The van der Waals surface area contributed by atoms with E-state index in [0.29, 0.717) is 6.54 Å². The van der Waals surface area contributed by atoms with Crippen molar-refractivity contribution in [2.45, 2.75) is 25.8 Å². The lowest BCUT2D eigenvalue weighted by molar-refractivity contribution is 0.0637. The third-order valence-corrected chi connectivity index (χ3v) is 6.82. The first kappa shape index (κ1) is 23.9. The highest BCUT2D eigenvalue weighted by Crippen LogP contribution is 2.32. The SMILES string of the molecule is CCCNc1ccccc1-n1ccc(C(=O)N2CCNCC2Cc2ccccc2)c1-c1ccccc1. The number of benzene rings is 3. The highest BCUT2D eigenvalue weighted by Gasteiger charge is 2.30. The van der Waals surface area contributed by atoms with Gasteiger partial charge in [0, 0.05) is 38.4 Å². The zero-order valence-electron chi connectivity index (χ0n) is 20.9. The van der Waals surface area contributed by atoms with Crippen molar-refractivity contribution in [3.63, 3.8) is 0 Å². The van der Waals surface area contributed by atoms with Crippen LogP contribution in [0.5, 0.6) is 0 Å². The van der Waals surface area contributed by atoms with Crippen molar-refractivity contribution in [3.8, 4) is 16.9 Å². The van der Waals surface area contributed by atoms with E-state index in [1.165, 1.54) is 5.56 Å². The van der Waals surface area contributed by atoms with Crippen molar-refractivity contribution in [2.75, 3.05) is 31.5 Å². The van der Waals surface area contributed by atoms with E-state index >= 15 is 0 Å². The zero-order chi connectivity index (χ0) is 24.7. The number of anilines is 1. The number of nitrogens with one attached hydrogen (secondary N) is 2. The second kappa shape index (κ2) is 11.3. The predicted octanol–water partition coefficient (Wildman–Crippen LogP) is 5.62. The second-order valence-electron chi connectivity index (χ2n) is 9.30. The molecule has 1 fully saturated rings. The third kappa shape index (κ3) is 5.07. The fourth-order valence-electron chi connectivity index (χ4n) is 5.04. The standard InChI is InChI=1S/C31H34N4O/c1-2-18-33-28-15-9-10-16-29(28)35-20-17-27(30(35)25-13-7-4-8-14-25)31(36)34-21-19-32-23-26(34)22-24-11-5-3-6-12-24/h3-17,20,26,32-33H,2,18-19,21-23H2,1H3. The monoisotopic (exact) mass is 478 g/mol. The van der Waals surface area contributed by atoms with Crippen molar-refractivity contribution in [3.05, 3.63) is 108 Å². The number of rotatable bonds is 8. The molecule has 3 aromatic carbocycles. The molecule has 0 radical (unpaired) electrons. The lowest BCUT2D eigenvalue weighted by atomic mass is 10.0. The van der Waals surface area contributed by atoms with Gasteiger partial charge in [-0.3, -0.25) is 4.79 Å². The Labute approximate surface area is 213 Å². The Morgan fingerprint density at radius 3 is 2.44 bits per heavy atom. The Bertz CT molecular complexity index is 1280. The van der Waals surface area contributed by atoms with Gasteiger partial charge < -0.3 is 20.1 Å². The molecule has 1 atom stereocenters. The molecule has 184 valence electrons. The molecule has 0 bridgehead atoms. The van der Waals surface area contributed by atoms with Gasteiger partial charge in [0.25, 0.3) is 5.91 Å². The van der Waals surface area contributed by atoms with Crippen LogP contribution in [0.4, 0.5) is 5.69 Å². The maximum absolute atomic E-state index is 14.2. The molecule has 5 heteroatoms. The third-order valence-electron chi connectivity index (χ3n) is 6.82. The minimum Gasteiger partial charge on any atom is -0.383 e. The van der Waals surface area contributed by atoms with Gasteiger partial charge in [0.2, 0.25) is 0 Å². The lowest BCUT2D eigenvalue weighted by Crippen LogP contribution is -2.54. The van der Waals surface area contributed by atoms with Gasteiger partial charge in [-0.15, -0.1) is 0 Å². The Morgan fingerprint density at radius 2 is 1.67 bits per heavy atom. The summed E-state index contributed by atoms with van der Waals surface area (Å²) in [6.45, 7) is 5.36. The van der Waals surface area contributed by atoms with E-state index in [0.717, 1.165) is 60.7 Å². The normalized spacial score (nSPS) is 15.6. The van der Waals surface area contributed by atoms with Crippen LogP contribution in [0.2, 0.25) is 0 Å². The number of hydrogen-bond acceptors (Lipinski definition) is 3. The van der Waals surface area contributed by atoms with E-state index in [1.807, 2.05) is 42.6 Å². The maximum Gasteiger partial charge on any atom is 0.256 e. The van der Waals surface area contributed by atoms with E-state index in [1.54, 1.807) is 0 Å². The number of amides is 1. The van der Waals surface area contributed by atoms with E-state index in [9.17, 15) is 4.79 Å². The van der Waals surface area contributed by atoms with E-state index in [2.05, 4.69) is 81.6 Å². The first-order chi connectivity index (χ1) is 17.8. The molecular weight excluding hydrogens is 444 g/mol. The summed E-state index contributed by atoms with van der Waals surface area (Å²) in [5.41, 5.74) is 6.07. The molecule has 1 amide bonds. The number of aromatic nitrogens is 1. The molecule has 0 aliphatic carbocycles. The molecule has 36 heavy (non-hydrogen) atoms. The number of carbonyl (C=O) groups is 1. The average molecular weight is 479 g/mol. The van der Waals surface area contributed by atoms with Crippen LogP contribution in [0.1, 0.15) is 29.3 Å². The molecule has 1 saturated heterocycles. The zero-order valence-corrected chi connectivity index (χ0v) is 20.9. The first-order valence-electron chi connectivity index (χ1n) is 12.9. The van der Waals surface area contributed by atoms with Crippen molar-refractivity contribution < 1.29 is 4.79 Å². The van der Waals surface area contributed by atoms with Gasteiger partial charge in [-0.2, -0.15) is 0 Å². The molecule has 5 rings (SSSR count). The average Bonchev–Trinajstić information content (AvgIpc) is 3.38. The van der Waals surface area contributed by atoms with Crippen LogP contribution in [0, 0.1) is 0 Å². The molecule has 1 aliphatic rings. The molecule has 4 aromatic rings. The number of para-hydroxylation sites is 2. The van der Waals surface area contributed by atoms with Crippen molar-refractivity contribution >= 4 is 11.6 Å². The van der Waals surface area contributed by atoms with Crippen LogP contribution in [-0.2, 0) is 6.42 Å². The maximum atomic E-state index is 14.2. The van der Waals surface area contributed by atoms with Gasteiger partial charge in [0.15, 0.2) is 0 Å². The first-order valence-corrected chi connectivity index (χ1v) is 12.9. The van der Waals surface area contributed by atoms with Gasteiger partial charge in [-0.25, -0.2) is 0 Å². The van der Waals surface area contributed by atoms with Crippen LogP contribution >= 0.6 is 0 Å². The van der Waals surface area contributed by atoms with Crippen molar-refractivity contribution in [1.29, 1.82) is 0 Å². The van der Waals surface area contributed by atoms with E-state index in [-0.39, 0.29) is 11.9 Å². The molecule has 0 saturated carbocycles. The molecule has 5 nitrogen and oxygen atoms in total. The summed E-state index contributed by atoms with van der Waals surface area (Å²) in [5.74, 6) is 0.0917. The van der Waals surface area contributed by atoms with Crippen LogP contribution < -0.4 is 10.6 Å². The summed E-state index contributed by atoms with van der Waals surface area (Å²) >= 11 is 0. The summed E-state index contributed by atoms with van der Waals surface area (Å²) in [4.78, 5) is 16.2. The van der Waals surface area contributed by atoms with E-state index < -0.39 is 0 Å². The largest absolute Gasteiger partial charge is 0.383 e. The van der Waals surface area contributed by atoms with Gasteiger partial charge in [0.05, 0.1) is 22.6 Å². The van der Waals surface area contributed by atoms with Crippen LogP contribution in [0.3, 0.4) is 0 Å². The molecule has 2 heterocycles. The number of piperazine rings is 1. The van der Waals surface area contributed by atoms with Gasteiger partial charge in [-0.1, -0.05) is 79.7 Å². The quantitative estimate of drug-likeness (QED) is 0.345. The Kier molecular flexibility index (Phi) is 7.48.